The van der Waals surface area contributed by atoms with E-state index in [1.165, 1.54) is 12.7 Å². The summed E-state index contributed by atoms with van der Waals surface area (Å²) >= 11 is 0. The van der Waals surface area contributed by atoms with E-state index in [0.717, 1.165) is 24.3 Å². The third kappa shape index (κ3) is 6.17. The lowest BCUT2D eigenvalue weighted by atomic mass is 10.1. The van der Waals surface area contributed by atoms with Crippen LogP contribution in [-0.4, -0.2) is 44.7 Å². The molecule has 0 spiro atoms. The Labute approximate surface area is 128 Å². The first-order valence-corrected chi connectivity index (χ1v) is 7.40. The van der Waals surface area contributed by atoms with Crippen molar-refractivity contribution in [2.24, 2.45) is 5.92 Å². The SMILES string of the molecule is COC(=O)C(C)CN(C)CCCOc1cc(C)ccc1C. The van der Waals surface area contributed by atoms with Gasteiger partial charge >= 0.3 is 5.97 Å². The van der Waals surface area contributed by atoms with Crippen LogP contribution in [0, 0.1) is 19.8 Å². The van der Waals surface area contributed by atoms with Crippen molar-refractivity contribution >= 4 is 5.97 Å². The molecular weight excluding hydrogens is 266 g/mol. The van der Waals surface area contributed by atoms with E-state index in [4.69, 9.17) is 9.47 Å². The highest BCUT2D eigenvalue weighted by atomic mass is 16.5. The molecule has 1 aromatic rings. The molecule has 118 valence electrons. The summed E-state index contributed by atoms with van der Waals surface area (Å²) in [5, 5.41) is 0. The molecule has 0 fully saturated rings. The van der Waals surface area contributed by atoms with Crippen molar-refractivity contribution in [2.45, 2.75) is 27.2 Å². The monoisotopic (exact) mass is 293 g/mol. The third-order valence-corrected chi connectivity index (χ3v) is 3.47. The number of aryl methyl sites for hydroxylation is 2. The first-order chi connectivity index (χ1) is 9.93. The molecule has 0 aliphatic carbocycles. The molecule has 4 nitrogen and oxygen atoms in total. The average molecular weight is 293 g/mol. The van der Waals surface area contributed by atoms with Gasteiger partial charge in [0.1, 0.15) is 5.75 Å². The first-order valence-electron chi connectivity index (χ1n) is 7.40. The third-order valence-electron chi connectivity index (χ3n) is 3.47. The molecule has 0 saturated heterocycles. The molecule has 0 N–H and O–H groups in total. The molecule has 1 atom stereocenters. The summed E-state index contributed by atoms with van der Waals surface area (Å²) in [5.41, 5.74) is 2.37. The zero-order valence-corrected chi connectivity index (χ0v) is 13.8. The average Bonchev–Trinajstić information content (AvgIpc) is 2.46. The van der Waals surface area contributed by atoms with Crippen molar-refractivity contribution in [3.8, 4) is 5.75 Å². The summed E-state index contributed by atoms with van der Waals surface area (Å²) in [6.07, 6.45) is 0.928. The van der Waals surface area contributed by atoms with Crippen LogP contribution >= 0.6 is 0 Å². The molecule has 0 amide bonds. The Kier molecular flexibility index (Phi) is 7.23. The molecule has 0 aliphatic heterocycles. The number of hydrogen-bond donors (Lipinski definition) is 0. The van der Waals surface area contributed by atoms with Gasteiger partial charge in [-0.2, -0.15) is 0 Å². The van der Waals surface area contributed by atoms with Gasteiger partial charge in [0, 0.05) is 13.1 Å². The molecule has 4 heteroatoms. The van der Waals surface area contributed by atoms with Crippen molar-refractivity contribution in [2.75, 3.05) is 33.9 Å². The molecule has 0 aliphatic rings. The van der Waals surface area contributed by atoms with Crippen LogP contribution in [0.25, 0.3) is 0 Å². The highest BCUT2D eigenvalue weighted by Crippen LogP contribution is 2.19. The van der Waals surface area contributed by atoms with E-state index >= 15 is 0 Å². The van der Waals surface area contributed by atoms with E-state index in [1.54, 1.807) is 0 Å². The van der Waals surface area contributed by atoms with Crippen molar-refractivity contribution in [1.29, 1.82) is 0 Å². The summed E-state index contributed by atoms with van der Waals surface area (Å²) in [6, 6.07) is 6.23. The second kappa shape index (κ2) is 8.67. The predicted octanol–water partition coefficient (Wildman–Crippen LogP) is 2.81. The molecule has 0 aromatic heterocycles. The summed E-state index contributed by atoms with van der Waals surface area (Å²) in [6.45, 7) is 8.28. The minimum absolute atomic E-state index is 0.0973. The number of carbonyl (C=O) groups excluding carboxylic acids is 1. The fourth-order valence-electron chi connectivity index (χ4n) is 2.21. The van der Waals surface area contributed by atoms with Crippen LogP contribution in [0.15, 0.2) is 18.2 Å². The molecule has 0 bridgehead atoms. The number of rotatable bonds is 8. The van der Waals surface area contributed by atoms with Crippen LogP contribution in [0.3, 0.4) is 0 Å². The number of carbonyl (C=O) groups is 1. The van der Waals surface area contributed by atoms with Crippen molar-refractivity contribution in [3.63, 3.8) is 0 Å². The van der Waals surface area contributed by atoms with E-state index in [9.17, 15) is 4.79 Å². The van der Waals surface area contributed by atoms with Crippen LogP contribution in [0.1, 0.15) is 24.5 Å². The lowest BCUT2D eigenvalue weighted by Crippen LogP contribution is -2.30. The number of nitrogens with zero attached hydrogens (tertiary/aromatic N) is 1. The van der Waals surface area contributed by atoms with Crippen molar-refractivity contribution in [3.05, 3.63) is 29.3 Å². The molecule has 1 aromatic carbocycles. The van der Waals surface area contributed by atoms with E-state index < -0.39 is 0 Å². The lowest BCUT2D eigenvalue weighted by molar-refractivity contribution is -0.145. The maximum absolute atomic E-state index is 11.4. The van der Waals surface area contributed by atoms with E-state index in [1.807, 2.05) is 14.0 Å². The van der Waals surface area contributed by atoms with E-state index in [-0.39, 0.29) is 11.9 Å². The van der Waals surface area contributed by atoms with Gasteiger partial charge < -0.3 is 14.4 Å². The maximum atomic E-state index is 11.4. The fraction of sp³-hybridized carbons (Fsp3) is 0.588. The van der Waals surface area contributed by atoms with Gasteiger partial charge in [-0.15, -0.1) is 0 Å². The topological polar surface area (TPSA) is 38.8 Å². The Morgan fingerprint density at radius 1 is 1.33 bits per heavy atom. The normalized spacial score (nSPS) is 12.3. The van der Waals surface area contributed by atoms with Crippen LogP contribution in [0.4, 0.5) is 0 Å². The molecule has 1 unspecified atom stereocenters. The van der Waals surface area contributed by atoms with E-state index in [0.29, 0.717) is 13.2 Å². The lowest BCUT2D eigenvalue weighted by Gasteiger charge is -2.20. The number of hydrogen-bond acceptors (Lipinski definition) is 4. The van der Waals surface area contributed by atoms with Gasteiger partial charge in [-0.05, 0) is 44.5 Å². The van der Waals surface area contributed by atoms with Crippen LogP contribution in [0.2, 0.25) is 0 Å². The van der Waals surface area contributed by atoms with E-state index in [2.05, 4.69) is 36.9 Å². The molecule has 1 rings (SSSR count). The zero-order valence-electron chi connectivity index (χ0n) is 13.8. The standard InChI is InChI=1S/C17H27NO3/c1-13-7-8-14(2)16(11-13)21-10-6-9-18(4)12-15(3)17(19)20-5/h7-8,11,15H,6,9-10,12H2,1-5H3. The first kappa shape index (κ1) is 17.5. The maximum Gasteiger partial charge on any atom is 0.309 e. The molecule has 21 heavy (non-hydrogen) atoms. The Bertz CT molecular complexity index is 459. The molecule has 0 heterocycles. The van der Waals surface area contributed by atoms with Crippen molar-refractivity contribution in [1.82, 2.24) is 4.90 Å². The summed E-state index contributed by atoms with van der Waals surface area (Å²) in [5.74, 6) is 0.703. The van der Waals surface area contributed by atoms with Crippen molar-refractivity contribution < 1.29 is 14.3 Å². The molecular formula is C17H27NO3. The predicted molar refractivity (Wildman–Crippen MR) is 84.7 cm³/mol. The van der Waals surface area contributed by atoms with Gasteiger partial charge in [0.2, 0.25) is 0 Å². The van der Waals surface area contributed by atoms with Gasteiger partial charge in [0.15, 0.2) is 0 Å². The Hall–Kier alpha value is -1.55. The number of esters is 1. The highest BCUT2D eigenvalue weighted by Gasteiger charge is 2.15. The van der Waals surface area contributed by atoms with Crippen LogP contribution in [-0.2, 0) is 9.53 Å². The van der Waals surface area contributed by atoms with Gasteiger partial charge in [-0.25, -0.2) is 0 Å². The van der Waals surface area contributed by atoms with Crippen LogP contribution in [0.5, 0.6) is 5.75 Å². The Morgan fingerprint density at radius 2 is 2.05 bits per heavy atom. The number of methoxy groups -OCH3 is 1. The van der Waals surface area contributed by atoms with Gasteiger partial charge in [-0.1, -0.05) is 19.1 Å². The van der Waals surface area contributed by atoms with Gasteiger partial charge in [0.05, 0.1) is 19.6 Å². The summed E-state index contributed by atoms with van der Waals surface area (Å²) in [7, 11) is 3.44. The fourth-order valence-corrected chi connectivity index (χ4v) is 2.21. The molecule has 0 saturated carbocycles. The number of benzene rings is 1. The largest absolute Gasteiger partial charge is 0.493 e. The van der Waals surface area contributed by atoms with Gasteiger partial charge in [0.25, 0.3) is 0 Å². The van der Waals surface area contributed by atoms with Gasteiger partial charge in [-0.3, -0.25) is 4.79 Å². The minimum Gasteiger partial charge on any atom is -0.493 e. The smallest absolute Gasteiger partial charge is 0.309 e. The quantitative estimate of drug-likeness (QED) is 0.546. The highest BCUT2D eigenvalue weighted by molar-refractivity contribution is 5.72. The summed E-state index contributed by atoms with van der Waals surface area (Å²) in [4.78, 5) is 13.5. The second-order valence-electron chi connectivity index (χ2n) is 5.66. The number of ether oxygens (including phenoxy) is 2. The Balaban J connectivity index is 2.27. The van der Waals surface area contributed by atoms with Crippen LogP contribution < -0.4 is 4.74 Å². The summed E-state index contributed by atoms with van der Waals surface area (Å²) < 4.78 is 10.6. The molecule has 0 radical (unpaired) electrons. The Morgan fingerprint density at radius 3 is 2.71 bits per heavy atom. The minimum atomic E-state index is -0.159. The second-order valence-corrected chi connectivity index (χ2v) is 5.66. The zero-order chi connectivity index (χ0) is 15.8.